The van der Waals surface area contributed by atoms with Crippen molar-refractivity contribution < 1.29 is 9.90 Å². The first-order valence-corrected chi connectivity index (χ1v) is 6.68. The lowest BCUT2D eigenvalue weighted by Gasteiger charge is -2.23. The fraction of sp³-hybridized carbons (Fsp3) is 0.667. The van der Waals surface area contributed by atoms with E-state index in [4.69, 9.17) is 5.11 Å². The molecule has 0 unspecified atom stereocenters. The summed E-state index contributed by atoms with van der Waals surface area (Å²) in [6.45, 7) is 5.92. The number of rotatable bonds is 8. The van der Waals surface area contributed by atoms with Crippen LogP contribution in [0.5, 0.6) is 0 Å². The summed E-state index contributed by atoms with van der Waals surface area (Å²) in [6, 6.07) is 0. The van der Waals surface area contributed by atoms with Gasteiger partial charge in [0.2, 0.25) is 0 Å². The minimum absolute atomic E-state index is 0.0776. The average molecular weight is 256 g/mol. The van der Waals surface area contributed by atoms with Crippen LogP contribution >= 0.6 is 11.3 Å². The van der Waals surface area contributed by atoms with Crippen molar-refractivity contribution in [3.8, 4) is 0 Å². The molecule has 1 heterocycles. The number of nitrogens with one attached hydrogen (secondary N) is 1. The van der Waals surface area contributed by atoms with Gasteiger partial charge < -0.3 is 10.4 Å². The van der Waals surface area contributed by atoms with E-state index in [1.165, 1.54) is 0 Å². The summed E-state index contributed by atoms with van der Waals surface area (Å²) in [6.07, 6.45) is 3.75. The molecular formula is C12H20N2O2S. The largest absolute Gasteiger partial charge is 0.481 e. The maximum Gasteiger partial charge on any atom is 0.303 e. The van der Waals surface area contributed by atoms with Gasteiger partial charge in [-0.3, -0.25) is 4.79 Å². The molecule has 0 fully saturated rings. The standard InChI is InChI=1S/C12H20N2O2S/c1-12(2,4-3-11(15)16)5-6-13-9-10-14-7-8-17-10/h7-8,13H,3-6,9H2,1-2H3,(H,15,16). The lowest BCUT2D eigenvalue weighted by atomic mass is 9.84. The van der Waals surface area contributed by atoms with Gasteiger partial charge in [0, 0.05) is 24.5 Å². The topological polar surface area (TPSA) is 62.2 Å². The molecule has 0 aromatic carbocycles. The molecule has 96 valence electrons. The summed E-state index contributed by atoms with van der Waals surface area (Å²) < 4.78 is 0. The molecule has 0 aliphatic heterocycles. The van der Waals surface area contributed by atoms with Gasteiger partial charge in [0.25, 0.3) is 0 Å². The van der Waals surface area contributed by atoms with Crippen LogP contribution in [0.4, 0.5) is 0 Å². The lowest BCUT2D eigenvalue weighted by Crippen LogP contribution is -2.22. The predicted molar refractivity (Wildman–Crippen MR) is 69.1 cm³/mol. The molecule has 0 saturated heterocycles. The zero-order valence-electron chi connectivity index (χ0n) is 10.4. The van der Waals surface area contributed by atoms with Crippen molar-refractivity contribution >= 4 is 17.3 Å². The van der Waals surface area contributed by atoms with Crippen LogP contribution in [0, 0.1) is 5.41 Å². The van der Waals surface area contributed by atoms with E-state index >= 15 is 0 Å². The van der Waals surface area contributed by atoms with Crippen LogP contribution in [0.2, 0.25) is 0 Å². The van der Waals surface area contributed by atoms with Gasteiger partial charge >= 0.3 is 5.97 Å². The van der Waals surface area contributed by atoms with E-state index in [0.717, 1.165) is 30.9 Å². The number of carboxylic acids is 1. The summed E-state index contributed by atoms with van der Waals surface area (Å²) in [5, 5.41) is 15.0. The molecular weight excluding hydrogens is 236 g/mol. The van der Waals surface area contributed by atoms with Crippen LogP contribution in [0.25, 0.3) is 0 Å². The first kappa shape index (κ1) is 14.1. The maximum atomic E-state index is 10.5. The van der Waals surface area contributed by atoms with E-state index in [9.17, 15) is 4.79 Å². The SMILES string of the molecule is CC(C)(CCNCc1nccs1)CCC(=O)O. The highest BCUT2D eigenvalue weighted by molar-refractivity contribution is 7.09. The Balaban J connectivity index is 2.14. The zero-order chi connectivity index (χ0) is 12.7. The van der Waals surface area contributed by atoms with E-state index in [-0.39, 0.29) is 11.8 Å². The van der Waals surface area contributed by atoms with E-state index in [1.54, 1.807) is 17.5 Å². The van der Waals surface area contributed by atoms with Crippen molar-refractivity contribution in [2.75, 3.05) is 6.54 Å². The smallest absolute Gasteiger partial charge is 0.303 e. The molecule has 1 rings (SSSR count). The number of hydrogen-bond donors (Lipinski definition) is 2. The molecule has 0 bridgehead atoms. The second kappa shape index (κ2) is 6.71. The fourth-order valence-corrected chi connectivity index (χ4v) is 2.12. The molecule has 1 aromatic heterocycles. The van der Waals surface area contributed by atoms with Gasteiger partial charge in [0.1, 0.15) is 5.01 Å². The second-order valence-electron chi connectivity index (χ2n) is 4.91. The zero-order valence-corrected chi connectivity index (χ0v) is 11.2. The fourth-order valence-electron chi connectivity index (χ4n) is 1.53. The van der Waals surface area contributed by atoms with Gasteiger partial charge in [-0.25, -0.2) is 4.98 Å². The minimum atomic E-state index is -0.714. The highest BCUT2D eigenvalue weighted by atomic mass is 32.1. The van der Waals surface area contributed by atoms with Crippen molar-refractivity contribution in [2.45, 2.75) is 39.7 Å². The Morgan fingerprint density at radius 3 is 2.88 bits per heavy atom. The van der Waals surface area contributed by atoms with Gasteiger partial charge in [-0.2, -0.15) is 0 Å². The average Bonchev–Trinajstić information content (AvgIpc) is 2.75. The monoisotopic (exact) mass is 256 g/mol. The van der Waals surface area contributed by atoms with Crippen LogP contribution in [0.1, 0.15) is 38.1 Å². The molecule has 0 amide bonds. The molecule has 0 aliphatic rings. The number of nitrogens with zero attached hydrogens (tertiary/aromatic N) is 1. The van der Waals surface area contributed by atoms with Gasteiger partial charge in [0.15, 0.2) is 0 Å². The Bertz CT molecular complexity index is 336. The van der Waals surface area contributed by atoms with E-state index in [2.05, 4.69) is 24.1 Å². The Morgan fingerprint density at radius 2 is 2.29 bits per heavy atom. The molecule has 4 nitrogen and oxygen atoms in total. The third kappa shape index (κ3) is 6.38. The summed E-state index contributed by atoms with van der Waals surface area (Å²) in [5.74, 6) is -0.714. The number of aromatic nitrogens is 1. The number of aliphatic carboxylic acids is 1. The van der Waals surface area contributed by atoms with Crippen LogP contribution in [0.15, 0.2) is 11.6 Å². The van der Waals surface area contributed by atoms with Crippen LogP contribution in [-0.4, -0.2) is 22.6 Å². The number of carbonyl (C=O) groups is 1. The number of carboxylic acid groups (broad SMARTS) is 1. The van der Waals surface area contributed by atoms with Crippen LogP contribution in [-0.2, 0) is 11.3 Å². The Morgan fingerprint density at radius 1 is 1.53 bits per heavy atom. The molecule has 5 heteroatoms. The summed E-state index contributed by atoms with van der Waals surface area (Å²) in [4.78, 5) is 14.7. The van der Waals surface area contributed by atoms with Gasteiger partial charge in [-0.15, -0.1) is 11.3 Å². The van der Waals surface area contributed by atoms with Crippen LogP contribution < -0.4 is 5.32 Å². The maximum absolute atomic E-state index is 10.5. The molecule has 0 atom stereocenters. The van der Waals surface area contributed by atoms with Crippen molar-refractivity contribution in [3.63, 3.8) is 0 Å². The van der Waals surface area contributed by atoms with Crippen molar-refractivity contribution in [1.29, 1.82) is 0 Å². The third-order valence-corrected chi connectivity index (χ3v) is 3.53. The van der Waals surface area contributed by atoms with E-state index in [1.807, 2.05) is 5.38 Å². The quantitative estimate of drug-likeness (QED) is 0.702. The van der Waals surface area contributed by atoms with Gasteiger partial charge in [0.05, 0.1) is 0 Å². The van der Waals surface area contributed by atoms with Crippen molar-refractivity contribution in [3.05, 3.63) is 16.6 Å². The Kier molecular flexibility index (Phi) is 5.58. The van der Waals surface area contributed by atoms with E-state index < -0.39 is 5.97 Å². The highest BCUT2D eigenvalue weighted by Crippen LogP contribution is 2.26. The Labute approximate surface area is 106 Å². The van der Waals surface area contributed by atoms with Crippen molar-refractivity contribution in [1.82, 2.24) is 10.3 Å². The predicted octanol–water partition coefficient (Wildman–Crippen LogP) is 2.51. The normalized spacial score (nSPS) is 11.6. The summed E-state index contributed by atoms with van der Waals surface area (Å²) in [5.41, 5.74) is 0.0776. The van der Waals surface area contributed by atoms with Crippen molar-refractivity contribution in [2.24, 2.45) is 5.41 Å². The minimum Gasteiger partial charge on any atom is -0.481 e. The first-order chi connectivity index (χ1) is 7.99. The molecule has 2 N–H and O–H groups in total. The summed E-state index contributed by atoms with van der Waals surface area (Å²) >= 11 is 1.64. The molecule has 0 saturated carbocycles. The molecule has 17 heavy (non-hydrogen) atoms. The molecule has 0 radical (unpaired) electrons. The number of hydrogen-bond acceptors (Lipinski definition) is 4. The van der Waals surface area contributed by atoms with Gasteiger partial charge in [-0.05, 0) is 24.8 Å². The first-order valence-electron chi connectivity index (χ1n) is 5.80. The second-order valence-corrected chi connectivity index (χ2v) is 5.89. The van der Waals surface area contributed by atoms with E-state index in [0.29, 0.717) is 0 Å². The highest BCUT2D eigenvalue weighted by Gasteiger charge is 2.18. The van der Waals surface area contributed by atoms with Gasteiger partial charge in [-0.1, -0.05) is 13.8 Å². The molecule has 0 spiro atoms. The third-order valence-electron chi connectivity index (χ3n) is 2.75. The lowest BCUT2D eigenvalue weighted by molar-refractivity contribution is -0.137. The number of thiazole rings is 1. The van der Waals surface area contributed by atoms with Crippen LogP contribution in [0.3, 0.4) is 0 Å². The Hall–Kier alpha value is -0.940. The summed E-state index contributed by atoms with van der Waals surface area (Å²) in [7, 11) is 0. The molecule has 1 aromatic rings. The molecule has 0 aliphatic carbocycles.